The van der Waals surface area contributed by atoms with E-state index in [1.54, 1.807) is 12.4 Å². The first-order valence-electron chi connectivity index (χ1n) is 9.67. The summed E-state index contributed by atoms with van der Waals surface area (Å²) in [6.07, 6.45) is 12.3. The van der Waals surface area contributed by atoms with E-state index in [0.717, 1.165) is 40.4 Å². The van der Waals surface area contributed by atoms with Crippen molar-refractivity contribution in [2.75, 3.05) is 11.4 Å². The fourth-order valence-corrected chi connectivity index (χ4v) is 4.34. The lowest BCUT2D eigenvalue weighted by Crippen LogP contribution is -2.61. The van der Waals surface area contributed by atoms with E-state index in [1.807, 2.05) is 29.1 Å². The Morgan fingerprint density at radius 2 is 2.07 bits per heavy atom. The topological polar surface area (TPSA) is 83.6 Å². The minimum Gasteiger partial charge on any atom is -0.350 e. The van der Waals surface area contributed by atoms with Crippen LogP contribution in [0.25, 0.3) is 17.2 Å². The second-order valence-electron chi connectivity index (χ2n) is 7.43. The quantitative estimate of drug-likeness (QED) is 0.657. The first-order chi connectivity index (χ1) is 14.1. The molecule has 0 amide bonds. The van der Waals surface area contributed by atoms with Crippen molar-refractivity contribution in [2.45, 2.75) is 38.4 Å². The number of rotatable bonds is 3. The monoisotopic (exact) mass is 452 g/mol. The average Bonchev–Trinajstić information content (AvgIpc) is 3.39. The van der Waals surface area contributed by atoms with Gasteiger partial charge in [0.25, 0.3) is 0 Å². The molecule has 1 N–H and O–H groups in total. The zero-order chi connectivity index (χ0) is 20.0. The Morgan fingerprint density at radius 3 is 2.90 bits per heavy atom. The molecule has 3 aromatic heterocycles. The molecule has 3 atom stereocenters. The standard InChI is InChI=1S/C20H21BrN8/c1-12-10-28(13(2)19(26-12)14-4-3-6-22-14)17-5-7-23-20(27-17)15-8-25-18-9-24-16(21)11-29(15)18/h4-9,11-13,19,26H,3,10H2,1-2H3. The van der Waals surface area contributed by atoms with E-state index in [4.69, 9.17) is 4.98 Å². The van der Waals surface area contributed by atoms with Gasteiger partial charge in [0, 0.05) is 43.7 Å². The van der Waals surface area contributed by atoms with E-state index in [9.17, 15) is 0 Å². The molecule has 3 unspecified atom stereocenters. The van der Waals surface area contributed by atoms with Gasteiger partial charge in [0.1, 0.15) is 16.1 Å². The molecule has 8 nitrogen and oxygen atoms in total. The molecule has 0 saturated carbocycles. The number of aromatic nitrogens is 5. The Balaban J connectivity index is 1.51. The maximum Gasteiger partial charge on any atom is 0.180 e. The van der Waals surface area contributed by atoms with Gasteiger partial charge < -0.3 is 10.2 Å². The highest BCUT2D eigenvalue weighted by Crippen LogP contribution is 2.27. The third-order valence-corrected chi connectivity index (χ3v) is 5.84. The Hall–Kier alpha value is -2.65. The summed E-state index contributed by atoms with van der Waals surface area (Å²) in [5, 5.41) is 3.69. The summed E-state index contributed by atoms with van der Waals surface area (Å²) in [4.78, 5) is 25.0. The number of piperazine rings is 1. The summed E-state index contributed by atoms with van der Waals surface area (Å²) in [5.41, 5.74) is 2.70. The predicted octanol–water partition coefficient (Wildman–Crippen LogP) is 2.86. The van der Waals surface area contributed by atoms with Crippen molar-refractivity contribution in [1.82, 2.24) is 29.7 Å². The van der Waals surface area contributed by atoms with Crippen LogP contribution in [0.5, 0.6) is 0 Å². The molecule has 0 aliphatic carbocycles. The van der Waals surface area contributed by atoms with Gasteiger partial charge in [0.05, 0.1) is 24.1 Å². The summed E-state index contributed by atoms with van der Waals surface area (Å²) in [5.74, 6) is 1.55. The summed E-state index contributed by atoms with van der Waals surface area (Å²) >= 11 is 3.42. The maximum absolute atomic E-state index is 4.90. The van der Waals surface area contributed by atoms with E-state index >= 15 is 0 Å². The van der Waals surface area contributed by atoms with E-state index in [0.29, 0.717) is 11.9 Å². The third kappa shape index (κ3) is 3.34. The van der Waals surface area contributed by atoms with E-state index in [1.165, 1.54) is 0 Å². The molecule has 9 heteroatoms. The van der Waals surface area contributed by atoms with Crippen molar-refractivity contribution in [3.8, 4) is 11.5 Å². The molecule has 0 spiro atoms. The lowest BCUT2D eigenvalue weighted by atomic mass is 9.99. The Labute approximate surface area is 177 Å². The minimum atomic E-state index is 0.175. The SMILES string of the molecule is CC1CN(c2ccnc(-c3cnc4cnc(Br)cn34)n2)C(C)C(C2=CCC=N2)N1. The van der Waals surface area contributed by atoms with Gasteiger partial charge >= 0.3 is 0 Å². The molecule has 2 aliphatic heterocycles. The summed E-state index contributed by atoms with van der Waals surface area (Å²) < 4.78 is 2.68. The first-order valence-corrected chi connectivity index (χ1v) is 10.5. The van der Waals surface area contributed by atoms with Crippen LogP contribution < -0.4 is 10.2 Å². The van der Waals surface area contributed by atoms with Crippen molar-refractivity contribution in [3.63, 3.8) is 0 Å². The fraction of sp³-hybridized carbons (Fsp3) is 0.350. The zero-order valence-corrected chi connectivity index (χ0v) is 17.8. The van der Waals surface area contributed by atoms with Crippen molar-refractivity contribution in [3.05, 3.63) is 47.2 Å². The molecule has 0 aromatic carbocycles. The number of aliphatic imine (C=N–C) groups is 1. The molecule has 29 heavy (non-hydrogen) atoms. The number of halogens is 1. The van der Waals surface area contributed by atoms with E-state index in [-0.39, 0.29) is 12.1 Å². The number of nitrogens with zero attached hydrogens (tertiary/aromatic N) is 7. The highest BCUT2D eigenvalue weighted by Gasteiger charge is 2.34. The minimum absolute atomic E-state index is 0.175. The van der Waals surface area contributed by atoms with Gasteiger partial charge in [-0.3, -0.25) is 9.39 Å². The maximum atomic E-state index is 4.90. The molecule has 2 aliphatic rings. The number of allylic oxidation sites excluding steroid dienone is 1. The van der Waals surface area contributed by atoms with Gasteiger partial charge in [-0.2, -0.15) is 0 Å². The molecule has 0 radical (unpaired) electrons. The molecular formula is C20H21BrN8. The first kappa shape index (κ1) is 18.4. The molecule has 5 heterocycles. The predicted molar refractivity (Wildman–Crippen MR) is 116 cm³/mol. The number of hydrogen-bond acceptors (Lipinski definition) is 7. The Kier molecular flexibility index (Phi) is 4.63. The largest absolute Gasteiger partial charge is 0.350 e. The van der Waals surface area contributed by atoms with Crippen LogP contribution in [-0.2, 0) is 0 Å². The van der Waals surface area contributed by atoms with Crippen molar-refractivity contribution >= 4 is 33.6 Å². The Bertz CT molecular complexity index is 1120. The second-order valence-corrected chi connectivity index (χ2v) is 8.25. The van der Waals surface area contributed by atoms with Crippen LogP contribution in [0.15, 0.2) is 52.2 Å². The lowest BCUT2D eigenvalue weighted by Gasteiger charge is -2.44. The molecular weight excluding hydrogens is 432 g/mol. The van der Waals surface area contributed by atoms with Crippen LogP contribution in [0.4, 0.5) is 5.82 Å². The second kappa shape index (κ2) is 7.31. The summed E-state index contributed by atoms with van der Waals surface area (Å²) in [6, 6.07) is 2.69. The average molecular weight is 453 g/mol. The number of fused-ring (bicyclic) bond motifs is 1. The van der Waals surface area contributed by atoms with E-state index in [2.05, 4.69) is 66.0 Å². The van der Waals surface area contributed by atoms with Gasteiger partial charge in [-0.1, -0.05) is 6.08 Å². The third-order valence-electron chi connectivity index (χ3n) is 5.43. The van der Waals surface area contributed by atoms with Gasteiger partial charge in [0.15, 0.2) is 11.5 Å². The van der Waals surface area contributed by atoms with Crippen LogP contribution in [0.1, 0.15) is 20.3 Å². The van der Waals surface area contributed by atoms with E-state index < -0.39 is 0 Å². The molecule has 1 fully saturated rings. The van der Waals surface area contributed by atoms with Crippen molar-refractivity contribution in [1.29, 1.82) is 0 Å². The number of anilines is 1. The normalized spacial score (nSPS) is 24.3. The van der Waals surface area contributed by atoms with Gasteiger partial charge in [0.2, 0.25) is 0 Å². The molecule has 3 aromatic rings. The molecule has 1 saturated heterocycles. The van der Waals surface area contributed by atoms with Crippen LogP contribution in [-0.4, -0.2) is 55.2 Å². The van der Waals surface area contributed by atoms with Crippen molar-refractivity contribution in [2.24, 2.45) is 4.99 Å². The van der Waals surface area contributed by atoms with Gasteiger partial charge in [-0.25, -0.2) is 19.9 Å². The zero-order valence-electron chi connectivity index (χ0n) is 16.2. The number of hydrogen-bond donors (Lipinski definition) is 1. The van der Waals surface area contributed by atoms with Crippen LogP contribution >= 0.6 is 15.9 Å². The molecule has 148 valence electrons. The Morgan fingerprint density at radius 1 is 1.17 bits per heavy atom. The van der Waals surface area contributed by atoms with Crippen LogP contribution in [0.2, 0.25) is 0 Å². The van der Waals surface area contributed by atoms with Gasteiger partial charge in [-0.15, -0.1) is 0 Å². The lowest BCUT2D eigenvalue weighted by molar-refractivity contribution is 0.356. The van der Waals surface area contributed by atoms with Gasteiger partial charge in [-0.05, 0) is 35.8 Å². The smallest absolute Gasteiger partial charge is 0.180 e. The highest BCUT2D eigenvalue weighted by atomic mass is 79.9. The molecule has 0 bridgehead atoms. The number of nitrogens with one attached hydrogen (secondary N) is 1. The number of imidazole rings is 1. The molecule has 5 rings (SSSR count). The highest BCUT2D eigenvalue weighted by molar-refractivity contribution is 9.10. The van der Waals surface area contributed by atoms with Crippen molar-refractivity contribution < 1.29 is 0 Å². The fourth-order valence-electron chi connectivity index (χ4n) is 4.03. The summed E-state index contributed by atoms with van der Waals surface area (Å²) in [6.45, 7) is 5.28. The van der Waals surface area contributed by atoms with Crippen LogP contribution in [0.3, 0.4) is 0 Å². The summed E-state index contributed by atoms with van der Waals surface area (Å²) in [7, 11) is 0. The van der Waals surface area contributed by atoms with Crippen LogP contribution in [0, 0.1) is 0 Å².